The van der Waals surface area contributed by atoms with Crippen molar-refractivity contribution in [2.24, 2.45) is 0 Å². The van der Waals surface area contributed by atoms with Gasteiger partial charge in [0.25, 0.3) is 0 Å². The maximum Gasteiger partial charge on any atom is 0.184 e. The maximum absolute atomic E-state index is 10.1. The number of hydrogen-bond donors (Lipinski definition) is 1. The number of rotatable bonds is 1. The zero-order valence-electron chi connectivity index (χ0n) is 9.94. The minimum Gasteiger partial charge on any atom is -0.391 e. The Balaban J connectivity index is 1.75. The highest BCUT2D eigenvalue weighted by molar-refractivity contribution is 6.12. The van der Waals surface area contributed by atoms with E-state index < -0.39 is 24.3 Å². The lowest BCUT2D eigenvalue weighted by molar-refractivity contribution is -0.298. The molecule has 5 atom stereocenters. The average molecular weight is 246 g/mol. The molecule has 1 aromatic carbocycles. The molecule has 5 heteroatoms. The molecule has 2 aliphatic heterocycles. The van der Waals surface area contributed by atoms with Gasteiger partial charge in [-0.05, 0) is 5.82 Å². The average Bonchev–Trinajstić information content (AvgIpc) is 2.44. The summed E-state index contributed by atoms with van der Waals surface area (Å²) in [6.07, 6.45) is -1.83. The van der Waals surface area contributed by atoms with Gasteiger partial charge in [-0.25, -0.2) is 0 Å². The monoisotopic (exact) mass is 246 g/mol. The highest BCUT2D eigenvalue weighted by Gasteiger charge is 2.43. The van der Waals surface area contributed by atoms with Crippen LogP contribution in [-0.2, 0) is 14.2 Å². The van der Waals surface area contributed by atoms with E-state index in [9.17, 15) is 5.11 Å². The largest absolute Gasteiger partial charge is 0.391 e. The van der Waals surface area contributed by atoms with Crippen LogP contribution in [0, 0.1) is 0 Å². The summed E-state index contributed by atoms with van der Waals surface area (Å²) in [5, 5.41) is 10.1. The SMILES string of the molecule is [B]C1COC2COC(c3ccccc3)OC2[C@H]1O. The van der Waals surface area contributed by atoms with Crippen LogP contribution >= 0.6 is 0 Å². The summed E-state index contributed by atoms with van der Waals surface area (Å²) in [7, 11) is 5.77. The van der Waals surface area contributed by atoms with Crippen LogP contribution in [0.3, 0.4) is 0 Å². The van der Waals surface area contributed by atoms with Crippen LogP contribution in [0.2, 0.25) is 5.82 Å². The molecule has 1 aromatic rings. The van der Waals surface area contributed by atoms with Crippen LogP contribution in [-0.4, -0.2) is 44.5 Å². The molecule has 2 fully saturated rings. The van der Waals surface area contributed by atoms with Crippen molar-refractivity contribution in [2.75, 3.05) is 13.2 Å². The summed E-state index contributed by atoms with van der Waals surface area (Å²) < 4.78 is 16.9. The number of hydrogen-bond acceptors (Lipinski definition) is 4. The molecule has 2 aliphatic rings. The molecule has 0 saturated carbocycles. The van der Waals surface area contributed by atoms with Crippen LogP contribution in [0.5, 0.6) is 0 Å². The van der Waals surface area contributed by atoms with E-state index in [-0.39, 0.29) is 6.10 Å². The highest BCUT2D eigenvalue weighted by Crippen LogP contribution is 2.34. The van der Waals surface area contributed by atoms with E-state index >= 15 is 0 Å². The number of aliphatic hydroxyl groups is 1. The van der Waals surface area contributed by atoms with E-state index in [1.807, 2.05) is 30.3 Å². The Morgan fingerprint density at radius 2 is 1.89 bits per heavy atom. The standard InChI is InChI=1S/C13H15BO4/c14-9-6-16-10-7-17-13(18-12(10)11(9)15)8-4-2-1-3-5-8/h1-5,9-13,15H,6-7H2/t9?,10?,11-,12?,13?/m0/s1. The minimum atomic E-state index is -0.709. The van der Waals surface area contributed by atoms with Crippen molar-refractivity contribution < 1.29 is 19.3 Å². The molecule has 0 amide bonds. The van der Waals surface area contributed by atoms with Crippen molar-refractivity contribution in [3.05, 3.63) is 35.9 Å². The Morgan fingerprint density at radius 1 is 1.11 bits per heavy atom. The lowest BCUT2D eigenvalue weighted by Gasteiger charge is -2.44. The molecule has 0 spiro atoms. The first-order valence-corrected chi connectivity index (χ1v) is 6.13. The topological polar surface area (TPSA) is 47.9 Å². The summed E-state index contributed by atoms with van der Waals surface area (Å²) in [6, 6.07) is 9.65. The Labute approximate surface area is 107 Å². The van der Waals surface area contributed by atoms with Crippen molar-refractivity contribution in [1.29, 1.82) is 0 Å². The molecule has 4 nitrogen and oxygen atoms in total. The van der Waals surface area contributed by atoms with Crippen molar-refractivity contribution in [3.63, 3.8) is 0 Å². The first kappa shape index (κ1) is 12.2. The van der Waals surface area contributed by atoms with Gasteiger partial charge in [0.05, 0.1) is 20.6 Å². The lowest BCUT2D eigenvalue weighted by Crippen LogP contribution is -2.54. The van der Waals surface area contributed by atoms with Crippen molar-refractivity contribution in [2.45, 2.75) is 30.4 Å². The van der Waals surface area contributed by atoms with Gasteiger partial charge >= 0.3 is 0 Å². The summed E-state index contributed by atoms with van der Waals surface area (Å²) >= 11 is 0. The van der Waals surface area contributed by atoms with Crippen LogP contribution in [0.15, 0.2) is 30.3 Å². The van der Waals surface area contributed by atoms with Crippen LogP contribution in [0.4, 0.5) is 0 Å². The quantitative estimate of drug-likeness (QED) is 0.745. The van der Waals surface area contributed by atoms with Gasteiger partial charge in [-0.2, -0.15) is 0 Å². The van der Waals surface area contributed by atoms with Crippen LogP contribution in [0.1, 0.15) is 11.9 Å². The molecule has 0 aliphatic carbocycles. The molecule has 18 heavy (non-hydrogen) atoms. The normalized spacial score (nSPS) is 40.2. The molecular weight excluding hydrogens is 231 g/mol. The third kappa shape index (κ3) is 2.19. The minimum absolute atomic E-state index is 0.236. The summed E-state index contributed by atoms with van der Waals surface area (Å²) in [5.74, 6) is -0.402. The second-order valence-corrected chi connectivity index (χ2v) is 4.70. The Hall–Kier alpha value is -0.875. The van der Waals surface area contributed by atoms with E-state index in [4.69, 9.17) is 22.1 Å². The number of aliphatic hydroxyl groups excluding tert-OH is 1. The second-order valence-electron chi connectivity index (χ2n) is 4.70. The number of fused-ring (bicyclic) bond motifs is 1. The van der Waals surface area contributed by atoms with Gasteiger partial charge in [-0.1, -0.05) is 30.3 Å². The number of benzene rings is 1. The van der Waals surface area contributed by atoms with E-state index in [0.717, 1.165) is 5.56 Å². The van der Waals surface area contributed by atoms with Crippen molar-refractivity contribution >= 4 is 7.85 Å². The fraction of sp³-hybridized carbons (Fsp3) is 0.538. The fourth-order valence-corrected chi connectivity index (χ4v) is 2.35. The molecule has 2 saturated heterocycles. The van der Waals surface area contributed by atoms with E-state index in [2.05, 4.69) is 0 Å². The first-order valence-electron chi connectivity index (χ1n) is 6.13. The zero-order chi connectivity index (χ0) is 12.5. The highest BCUT2D eigenvalue weighted by atomic mass is 16.7. The van der Waals surface area contributed by atoms with Crippen LogP contribution < -0.4 is 0 Å². The Morgan fingerprint density at radius 3 is 2.67 bits per heavy atom. The van der Waals surface area contributed by atoms with Crippen molar-refractivity contribution in [3.8, 4) is 0 Å². The zero-order valence-corrected chi connectivity index (χ0v) is 9.94. The summed E-state index contributed by atoms with van der Waals surface area (Å²) in [6.45, 7) is 0.749. The molecule has 2 radical (unpaired) electrons. The van der Waals surface area contributed by atoms with Gasteiger partial charge in [0.1, 0.15) is 12.2 Å². The maximum atomic E-state index is 10.1. The Bertz CT molecular complexity index is 397. The van der Waals surface area contributed by atoms with Crippen molar-refractivity contribution in [1.82, 2.24) is 0 Å². The van der Waals surface area contributed by atoms with Gasteiger partial charge in [-0.15, -0.1) is 0 Å². The number of ether oxygens (including phenoxy) is 3. The predicted octanol–water partition coefficient (Wildman–Crippen LogP) is 0.817. The van der Waals surface area contributed by atoms with Crippen LogP contribution in [0.25, 0.3) is 0 Å². The van der Waals surface area contributed by atoms with Gasteiger partial charge in [-0.3, -0.25) is 0 Å². The molecule has 94 valence electrons. The van der Waals surface area contributed by atoms with Gasteiger partial charge in [0.2, 0.25) is 0 Å². The third-order valence-corrected chi connectivity index (χ3v) is 3.41. The summed E-state index contributed by atoms with van der Waals surface area (Å²) in [4.78, 5) is 0. The third-order valence-electron chi connectivity index (χ3n) is 3.41. The smallest absolute Gasteiger partial charge is 0.184 e. The summed E-state index contributed by atoms with van der Waals surface area (Å²) in [5.41, 5.74) is 0.933. The second kappa shape index (κ2) is 5.01. The van der Waals surface area contributed by atoms with Gasteiger partial charge < -0.3 is 19.3 Å². The van der Waals surface area contributed by atoms with Gasteiger partial charge in [0.15, 0.2) is 6.29 Å². The molecule has 2 heterocycles. The molecule has 0 aromatic heterocycles. The molecule has 1 N–H and O–H groups in total. The van der Waals surface area contributed by atoms with E-state index in [0.29, 0.717) is 13.2 Å². The predicted molar refractivity (Wildman–Crippen MR) is 65.3 cm³/mol. The molecular formula is C13H15BO4. The van der Waals surface area contributed by atoms with E-state index in [1.165, 1.54) is 0 Å². The first-order chi connectivity index (χ1) is 8.75. The Kier molecular flexibility index (Phi) is 3.39. The molecule has 0 bridgehead atoms. The van der Waals surface area contributed by atoms with E-state index in [1.54, 1.807) is 0 Å². The molecule has 4 unspecified atom stereocenters. The fourth-order valence-electron chi connectivity index (χ4n) is 2.35. The molecule has 3 rings (SSSR count). The van der Waals surface area contributed by atoms with Gasteiger partial charge in [0, 0.05) is 12.2 Å². The lowest BCUT2D eigenvalue weighted by atomic mass is 9.78.